The summed E-state index contributed by atoms with van der Waals surface area (Å²) in [6.07, 6.45) is -0.122. The summed E-state index contributed by atoms with van der Waals surface area (Å²) in [4.78, 5) is 42.6. The highest BCUT2D eigenvalue weighted by Crippen LogP contribution is 2.32. The van der Waals surface area contributed by atoms with Crippen molar-refractivity contribution in [2.75, 3.05) is 5.32 Å². The molecule has 0 saturated carbocycles. The summed E-state index contributed by atoms with van der Waals surface area (Å²) in [7, 11) is 0. The van der Waals surface area contributed by atoms with Crippen LogP contribution in [0.25, 0.3) is 0 Å². The molecule has 214 valence electrons. The molecule has 2 aromatic carbocycles. The summed E-state index contributed by atoms with van der Waals surface area (Å²) in [6, 6.07) is 8.37. The lowest BCUT2D eigenvalue weighted by Gasteiger charge is -2.39. The second kappa shape index (κ2) is 13.0. The summed E-state index contributed by atoms with van der Waals surface area (Å²) in [5, 5.41) is 16.0. The lowest BCUT2D eigenvalue weighted by atomic mass is 9.95. The molecule has 0 radical (unpaired) electrons. The van der Waals surface area contributed by atoms with E-state index >= 15 is 0 Å². The number of rotatable bonds is 9. The number of aryl methyl sites for hydroxylation is 3. The van der Waals surface area contributed by atoms with Gasteiger partial charge >= 0.3 is 6.09 Å². The number of benzene rings is 2. The van der Waals surface area contributed by atoms with Crippen molar-refractivity contribution in [2.45, 2.75) is 99.4 Å². The molecule has 0 aromatic heterocycles. The summed E-state index contributed by atoms with van der Waals surface area (Å²) >= 11 is 0. The molecule has 2 aromatic rings. The average molecular weight is 540 g/mol. The van der Waals surface area contributed by atoms with E-state index in [1.54, 1.807) is 44.7 Å². The van der Waals surface area contributed by atoms with Gasteiger partial charge in [-0.2, -0.15) is 0 Å². The van der Waals surface area contributed by atoms with E-state index in [9.17, 15) is 19.5 Å². The van der Waals surface area contributed by atoms with Crippen LogP contribution in [0.3, 0.4) is 0 Å². The molecule has 0 spiro atoms. The Kier molecular flexibility index (Phi) is 10.6. The first-order valence-electron chi connectivity index (χ1n) is 13.6. The fourth-order valence-electron chi connectivity index (χ4n) is 4.39. The molecule has 3 amide bonds. The minimum absolute atomic E-state index is 0.0979. The van der Waals surface area contributed by atoms with E-state index in [2.05, 4.69) is 10.6 Å². The minimum atomic E-state index is -1.02. The molecule has 8 nitrogen and oxygen atoms in total. The van der Waals surface area contributed by atoms with Crippen molar-refractivity contribution in [1.82, 2.24) is 10.2 Å². The van der Waals surface area contributed by atoms with Gasteiger partial charge in [0.2, 0.25) is 5.91 Å². The zero-order valence-electron chi connectivity index (χ0n) is 25.0. The van der Waals surface area contributed by atoms with Crippen LogP contribution in [-0.4, -0.2) is 45.6 Å². The molecule has 0 heterocycles. The lowest BCUT2D eigenvalue weighted by Crippen LogP contribution is -2.56. The summed E-state index contributed by atoms with van der Waals surface area (Å²) in [5.74, 6) is -0.954. The lowest BCUT2D eigenvalue weighted by molar-refractivity contribution is -0.144. The van der Waals surface area contributed by atoms with Gasteiger partial charge in [0.05, 0.1) is 0 Å². The number of ether oxygens (including phenoxy) is 1. The van der Waals surface area contributed by atoms with Crippen LogP contribution in [0.1, 0.15) is 83.2 Å². The molecule has 0 aliphatic heterocycles. The van der Waals surface area contributed by atoms with Crippen molar-refractivity contribution in [3.63, 3.8) is 0 Å². The maximum atomic E-state index is 14.3. The largest absolute Gasteiger partial charge is 0.508 e. The highest BCUT2D eigenvalue weighted by Gasteiger charge is 2.40. The molecule has 0 saturated heterocycles. The van der Waals surface area contributed by atoms with Gasteiger partial charge in [-0.1, -0.05) is 45.0 Å². The first kappa shape index (κ1) is 31.7. The Morgan fingerprint density at radius 2 is 1.56 bits per heavy atom. The van der Waals surface area contributed by atoms with E-state index in [0.717, 1.165) is 11.1 Å². The predicted molar refractivity (Wildman–Crippen MR) is 155 cm³/mol. The Labute approximate surface area is 233 Å². The quantitative estimate of drug-likeness (QED) is 0.353. The van der Waals surface area contributed by atoms with E-state index < -0.39 is 29.7 Å². The number of nitrogens with one attached hydrogen (secondary N) is 2. The fraction of sp³-hybridized carbons (Fsp3) is 0.516. The number of nitrogens with zero attached hydrogens (tertiary/aromatic N) is 1. The van der Waals surface area contributed by atoms with Crippen molar-refractivity contribution in [3.05, 3.63) is 58.7 Å². The summed E-state index contributed by atoms with van der Waals surface area (Å²) in [6.45, 7) is 18.3. The molecule has 3 atom stereocenters. The monoisotopic (exact) mass is 539 g/mol. The van der Waals surface area contributed by atoms with E-state index in [-0.39, 0.29) is 23.6 Å². The van der Waals surface area contributed by atoms with Crippen LogP contribution in [0.5, 0.6) is 5.75 Å². The van der Waals surface area contributed by atoms with E-state index in [1.165, 1.54) is 6.07 Å². The zero-order chi connectivity index (χ0) is 29.7. The molecule has 8 heteroatoms. The third kappa shape index (κ3) is 8.22. The molecular formula is C31H45N3O5. The van der Waals surface area contributed by atoms with Gasteiger partial charge < -0.3 is 25.4 Å². The second-order valence-electron chi connectivity index (χ2n) is 11.6. The molecular weight excluding hydrogens is 494 g/mol. The maximum Gasteiger partial charge on any atom is 0.408 e. The molecule has 0 aliphatic carbocycles. The van der Waals surface area contributed by atoms with Gasteiger partial charge in [-0.15, -0.1) is 0 Å². The van der Waals surface area contributed by atoms with Gasteiger partial charge in [0, 0.05) is 11.7 Å². The fourth-order valence-corrected chi connectivity index (χ4v) is 4.39. The molecule has 3 N–H and O–H groups in total. The SMILES string of the molecule is CCC(C)N(C(=O)C(NC(=O)OC(C)(C)C)C(C)C)C(C(=O)Nc1c(C)cccc1C)c1ccc(O)c(C)c1. The van der Waals surface area contributed by atoms with E-state index in [4.69, 9.17) is 4.74 Å². The van der Waals surface area contributed by atoms with Gasteiger partial charge in [-0.05, 0) is 95.2 Å². The Morgan fingerprint density at radius 1 is 0.974 bits per heavy atom. The minimum Gasteiger partial charge on any atom is -0.508 e. The van der Waals surface area contributed by atoms with Crippen LogP contribution in [0, 0.1) is 26.7 Å². The molecule has 39 heavy (non-hydrogen) atoms. The van der Waals surface area contributed by atoms with Crippen LogP contribution in [-0.2, 0) is 14.3 Å². The Bertz CT molecular complexity index is 1160. The number of carbonyl (C=O) groups excluding carboxylic acids is 3. The van der Waals surface area contributed by atoms with Crippen LogP contribution in [0.15, 0.2) is 36.4 Å². The topological polar surface area (TPSA) is 108 Å². The van der Waals surface area contributed by atoms with Gasteiger partial charge in [0.1, 0.15) is 23.4 Å². The molecule has 3 unspecified atom stereocenters. The maximum absolute atomic E-state index is 14.3. The number of anilines is 1. The van der Waals surface area contributed by atoms with Gasteiger partial charge in [-0.25, -0.2) is 4.79 Å². The number of para-hydroxylation sites is 1. The Balaban J connectivity index is 2.64. The normalized spacial score (nSPS) is 13.8. The number of hydrogen-bond donors (Lipinski definition) is 3. The predicted octanol–water partition coefficient (Wildman–Crippen LogP) is 6.17. The van der Waals surface area contributed by atoms with Gasteiger partial charge in [0.25, 0.3) is 5.91 Å². The Morgan fingerprint density at radius 3 is 2.05 bits per heavy atom. The first-order valence-corrected chi connectivity index (χ1v) is 13.6. The summed E-state index contributed by atoms with van der Waals surface area (Å²) in [5.41, 5.74) is 2.90. The van der Waals surface area contributed by atoms with E-state index in [1.807, 2.05) is 59.7 Å². The number of alkyl carbamates (subject to hydrolysis) is 1. The van der Waals surface area contributed by atoms with Gasteiger partial charge in [-0.3, -0.25) is 9.59 Å². The average Bonchev–Trinajstić information content (AvgIpc) is 2.83. The first-order chi connectivity index (χ1) is 18.1. The van der Waals surface area contributed by atoms with Crippen molar-refractivity contribution < 1.29 is 24.2 Å². The smallest absolute Gasteiger partial charge is 0.408 e. The number of aromatic hydroxyl groups is 1. The Hall–Kier alpha value is -3.55. The second-order valence-corrected chi connectivity index (χ2v) is 11.6. The van der Waals surface area contributed by atoms with Crippen LogP contribution in [0.2, 0.25) is 0 Å². The van der Waals surface area contributed by atoms with Crippen LogP contribution < -0.4 is 10.6 Å². The number of carbonyl (C=O) groups is 3. The van der Waals surface area contributed by atoms with Crippen LogP contribution >= 0.6 is 0 Å². The molecule has 2 rings (SSSR count). The van der Waals surface area contributed by atoms with Crippen molar-refractivity contribution in [2.24, 2.45) is 5.92 Å². The zero-order valence-corrected chi connectivity index (χ0v) is 25.0. The molecule has 0 bridgehead atoms. The van der Waals surface area contributed by atoms with Crippen molar-refractivity contribution in [3.8, 4) is 5.75 Å². The highest BCUT2D eigenvalue weighted by molar-refractivity contribution is 6.00. The highest BCUT2D eigenvalue weighted by atomic mass is 16.6. The van der Waals surface area contributed by atoms with Crippen LogP contribution in [0.4, 0.5) is 10.5 Å². The third-order valence-corrected chi connectivity index (χ3v) is 6.72. The molecule has 0 fully saturated rings. The third-order valence-electron chi connectivity index (χ3n) is 6.72. The number of phenolic OH excluding ortho intramolecular Hbond substituents is 1. The molecule has 0 aliphatic rings. The summed E-state index contributed by atoms with van der Waals surface area (Å²) < 4.78 is 5.43. The van der Waals surface area contributed by atoms with Crippen molar-refractivity contribution in [1.29, 1.82) is 0 Å². The number of amides is 3. The van der Waals surface area contributed by atoms with E-state index in [0.29, 0.717) is 23.2 Å². The standard InChI is InChI=1S/C31H45N3O5/c1-11-22(7)34(29(37)25(18(2)3)33-30(38)39-31(8,9)10)27(23-15-16-24(35)21(6)17-23)28(36)32-26-19(4)13-12-14-20(26)5/h12-18,22,25,27,35H,11H2,1-10H3,(H,32,36)(H,33,38). The van der Waals surface area contributed by atoms with Crippen molar-refractivity contribution >= 4 is 23.6 Å². The number of phenols is 1. The number of hydrogen-bond acceptors (Lipinski definition) is 5. The van der Waals surface area contributed by atoms with Gasteiger partial charge in [0.15, 0.2) is 0 Å².